The highest BCUT2D eigenvalue weighted by Gasteiger charge is 2.36. The number of halogens is 1. The maximum Gasteiger partial charge on any atom is 0.224 e. The molecule has 1 fully saturated rings. The summed E-state index contributed by atoms with van der Waals surface area (Å²) in [7, 11) is 3.83. The lowest BCUT2D eigenvalue weighted by molar-refractivity contribution is 0.325. The van der Waals surface area contributed by atoms with E-state index in [1.165, 1.54) is 0 Å². The minimum absolute atomic E-state index is 0.124. The largest absolute Gasteiger partial charge is 0.347 e. The number of nitrogens with one attached hydrogen (secondary N) is 1. The molecule has 1 N–H and O–H groups in total. The molecule has 1 heterocycles. The number of aromatic nitrogens is 2. The molecule has 4 nitrogen and oxygen atoms in total. The predicted octanol–water partition coefficient (Wildman–Crippen LogP) is 3.24. The molecule has 3 rings (SSSR count). The summed E-state index contributed by atoms with van der Waals surface area (Å²) < 4.78 is 14.3. The number of hydrogen-bond donors (Lipinski definition) is 1. The van der Waals surface area contributed by atoms with Crippen LogP contribution in [0.15, 0.2) is 36.7 Å². The van der Waals surface area contributed by atoms with Gasteiger partial charge in [-0.2, -0.15) is 0 Å². The van der Waals surface area contributed by atoms with Crippen LogP contribution < -0.4 is 10.2 Å². The molecule has 0 bridgehead atoms. The van der Waals surface area contributed by atoms with Crippen molar-refractivity contribution in [2.75, 3.05) is 19.0 Å². The molecule has 2 aromatic rings. The molecule has 0 spiro atoms. The van der Waals surface area contributed by atoms with Gasteiger partial charge in [-0.1, -0.05) is 31.0 Å². The lowest BCUT2D eigenvalue weighted by atomic mass is 9.87. The third-order valence-corrected chi connectivity index (χ3v) is 4.57. The summed E-state index contributed by atoms with van der Waals surface area (Å²) in [6, 6.07) is 7.11. The fourth-order valence-electron chi connectivity index (χ4n) is 3.31. The minimum Gasteiger partial charge on any atom is -0.347 e. The van der Waals surface area contributed by atoms with Gasteiger partial charge in [-0.3, -0.25) is 0 Å². The maximum atomic E-state index is 14.3. The number of rotatable bonds is 5. The van der Waals surface area contributed by atoms with Gasteiger partial charge in [0.2, 0.25) is 5.95 Å². The van der Waals surface area contributed by atoms with E-state index in [0.717, 1.165) is 36.8 Å². The van der Waals surface area contributed by atoms with Gasteiger partial charge >= 0.3 is 0 Å². The van der Waals surface area contributed by atoms with Gasteiger partial charge < -0.3 is 10.2 Å². The van der Waals surface area contributed by atoms with Crippen LogP contribution in [0.1, 0.15) is 36.8 Å². The molecule has 1 saturated carbocycles. The van der Waals surface area contributed by atoms with Crippen LogP contribution in [0.5, 0.6) is 0 Å². The summed E-state index contributed by atoms with van der Waals surface area (Å²) in [5.74, 6) is 0.569. The first-order valence-corrected chi connectivity index (χ1v) is 8.09. The number of nitrogens with zero attached hydrogens (tertiary/aromatic N) is 3. The zero-order chi connectivity index (χ0) is 16.3. The summed E-state index contributed by atoms with van der Waals surface area (Å²) in [6.07, 6.45) is 7.84. The molecule has 1 aliphatic rings. The van der Waals surface area contributed by atoms with E-state index in [-0.39, 0.29) is 11.4 Å². The second-order valence-corrected chi connectivity index (χ2v) is 6.41. The zero-order valence-electron chi connectivity index (χ0n) is 13.7. The third kappa shape index (κ3) is 3.34. The number of anilines is 1. The Labute approximate surface area is 136 Å². The molecule has 1 aliphatic carbocycles. The van der Waals surface area contributed by atoms with Gasteiger partial charge in [-0.15, -0.1) is 0 Å². The fourth-order valence-corrected chi connectivity index (χ4v) is 3.31. The van der Waals surface area contributed by atoms with Crippen molar-refractivity contribution < 1.29 is 4.39 Å². The van der Waals surface area contributed by atoms with E-state index in [0.29, 0.717) is 12.5 Å². The SMILES string of the molecule is CN(C)c1ncc(CNC2(c3ccccc3F)CCCC2)cn1. The Bertz CT molecular complexity index is 648. The Balaban J connectivity index is 1.77. The lowest BCUT2D eigenvalue weighted by Gasteiger charge is -2.31. The molecule has 0 amide bonds. The Morgan fingerprint density at radius 2 is 1.78 bits per heavy atom. The molecule has 1 aromatic heterocycles. The normalized spacial score (nSPS) is 16.5. The van der Waals surface area contributed by atoms with Gasteiger partial charge in [-0.05, 0) is 18.9 Å². The van der Waals surface area contributed by atoms with E-state index in [1.807, 2.05) is 43.5 Å². The van der Waals surface area contributed by atoms with Crippen LogP contribution in [0, 0.1) is 5.82 Å². The van der Waals surface area contributed by atoms with E-state index in [1.54, 1.807) is 12.1 Å². The second-order valence-electron chi connectivity index (χ2n) is 6.41. The third-order valence-electron chi connectivity index (χ3n) is 4.57. The zero-order valence-corrected chi connectivity index (χ0v) is 13.7. The lowest BCUT2D eigenvalue weighted by Crippen LogP contribution is -2.40. The van der Waals surface area contributed by atoms with E-state index in [4.69, 9.17) is 0 Å². The summed E-state index contributed by atoms with van der Waals surface area (Å²) in [5, 5.41) is 3.58. The van der Waals surface area contributed by atoms with Gasteiger partial charge in [-0.25, -0.2) is 14.4 Å². The molecule has 0 atom stereocenters. The Morgan fingerprint density at radius 1 is 1.13 bits per heavy atom. The van der Waals surface area contributed by atoms with Gasteiger partial charge in [0.1, 0.15) is 5.82 Å². The van der Waals surface area contributed by atoms with Crippen molar-refractivity contribution in [3.63, 3.8) is 0 Å². The van der Waals surface area contributed by atoms with Gasteiger partial charge in [0, 0.05) is 49.7 Å². The Morgan fingerprint density at radius 3 is 2.39 bits per heavy atom. The van der Waals surface area contributed by atoms with E-state index < -0.39 is 0 Å². The average molecular weight is 314 g/mol. The van der Waals surface area contributed by atoms with Crippen LogP contribution in [0.3, 0.4) is 0 Å². The van der Waals surface area contributed by atoms with Crippen molar-refractivity contribution in [2.45, 2.75) is 37.8 Å². The van der Waals surface area contributed by atoms with Crippen molar-refractivity contribution >= 4 is 5.95 Å². The number of hydrogen-bond acceptors (Lipinski definition) is 4. The first kappa shape index (κ1) is 15.9. The molecule has 0 unspecified atom stereocenters. The molecule has 0 aliphatic heterocycles. The first-order chi connectivity index (χ1) is 11.1. The summed E-state index contributed by atoms with van der Waals surface area (Å²) >= 11 is 0. The highest BCUT2D eigenvalue weighted by atomic mass is 19.1. The van der Waals surface area contributed by atoms with Crippen molar-refractivity contribution in [1.82, 2.24) is 15.3 Å². The molecule has 23 heavy (non-hydrogen) atoms. The van der Waals surface area contributed by atoms with E-state index in [9.17, 15) is 4.39 Å². The summed E-state index contributed by atoms with van der Waals surface area (Å²) in [4.78, 5) is 10.5. The molecule has 0 radical (unpaired) electrons. The highest BCUT2D eigenvalue weighted by Crippen LogP contribution is 2.40. The molecular weight excluding hydrogens is 291 g/mol. The van der Waals surface area contributed by atoms with E-state index in [2.05, 4.69) is 15.3 Å². The van der Waals surface area contributed by atoms with Crippen LogP contribution in [-0.4, -0.2) is 24.1 Å². The van der Waals surface area contributed by atoms with Gasteiger partial charge in [0.05, 0.1) is 0 Å². The van der Waals surface area contributed by atoms with E-state index >= 15 is 0 Å². The quantitative estimate of drug-likeness (QED) is 0.920. The topological polar surface area (TPSA) is 41.1 Å². The number of benzene rings is 1. The minimum atomic E-state index is -0.272. The van der Waals surface area contributed by atoms with Gasteiger partial charge in [0.15, 0.2) is 0 Å². The molecule has 0 saturated heterocycles. The van der Waals surface area contributed by atoms with Crippen molar-refractivity contribution in [3.05, 3.63) is 53.6 Å². The summed E-state index contributed by atoms with van der Waals surface area (Å²) in [6.45, 7) is 0.641. The first-order valence-electron chi connectivity index (χ1n) is 8.09. The van der Waals surface area contributed by atoms with Crippen LogP contribution in [-0.2, 0) is 12.1 Å². The predicted molar refractivity (Wildman–Crippen MR) is 89.7 cm³/mol. The van der Waals surface area contributed by atoms with Gasteiger partial charge in [0.25, 0.3) is 0 Å². The molecule has 122 valence electrons. The monoisotopic (exact) mass is 314 g/mol. The fraction of sp³-hybridized carbons (Fsp3) is 0.444. The smallest absolute Gasteiger partial charge is 0.224 e. The van der Waals surface area contributed by atoms with Crippen LogP contribution in [0.25, 0.3) is 0 Å². The van der Waals surface area contributed by atoms with Crippen LogP contribution in [0.4, 0.5) is 10.3 Å². The van der Waals surface area contributed by atoms with Crippen LogP contribution >= 0.6 is 0 Å². The molecule has 5 heteroatoms. The van der Waals surface area contributed by atoms with Crippen molar-refractivity contribution in [3.8, 4) is 0 Å². The van der Waals surface area contributed by atoms with Crippen molar-refractivity contribution in [2.24, 2.45) is 0 Å². The molecule has 1 aromatic carbocycles. The summed E-state index contributed by atoms with van der Waals surface area (Å²) in [5.41, 5.74) is 1.52. The molecular formula is C18H23FN4. The highest BCUT2D eigenvalue weighted by molar-refractivity contribution is 5.29. The van der Waals surface area contributed by atoms with Crippen LogP contribution in [0.2, 0.25) is 0 Å². The maximum absolute atomic E-state index is 14.3. The Hall–Kier alpha value is -2.01. The average Bonchev–Trinajstić information content (AvgIpc) is 3.04. The van der Waals surface area contributed by atoms with Crippen molar-refractivity contribution in [1.29, 1.82) is 0 Å². The Kier molecular flexibility index (Phi) is 4.57. The second kappa shape index (κ2) is 6.62. The standard InChI is InChI=1S/C18H23FN4/c1-23(2)17-20-11-14(12-21-17)13-22-18(9-5-6-10-18)15-7-3-4-8-16(15)19/h3-4,7-8,11-12,22H,5-6,9-10,13H2,1-2H3.